The highest BCUT2D eigenvalue weighted by Crippen LogP contribution is 2.59. The zero-order chi connectivity index (χ0) is 25.9. The Bertz CT molecular complexity index is 1360. The van der Waals surface area contributed by atoms with Crippen molar-refractivity contribution >= 4 is 35.0 Å². The van der Waals surface area contributed by atoms with Gasteiger partial charge in [0, 0.05) is 40.7 Å². The van der Waals surface area contributed by atoms with Crippen LogP contribution in [0.5, 0.6) is 0 Å². The highest BCUT2D eigenvalue weighted by atomic mass is 35.5. The van der Waals surface area contributed by atoms with Crippen LogP contribution < -0.4 is 5.32 Å². The second kappa shape index (κ2) is 9.18. The smallest absolute Gasteiger partial charge is 0.254 e. The second-order valence-corrected chi connectivity index (χ2v) is 11.9. The maximum absolute atomic E-state index is 13.4. The number of carbonyl (C=O) groups is 2. The highest BCUT2D eigenvalue weighted by Gasteiger charge is 2.57. The van der Waals surface area contributed by atoms with Crippen molar-refractivity contribution < 1.29 is 9.59 Å². The van der Waals surface area contributed by atoms with Crippen molar-refractivity contribution in [3.8, 4) is 0 Å². The number of halogens is 2. The van der Waals surface area contributed by atoms with Crippen LogP contribution in [0.15, 0.2) is 66.7 Å². The van der Waals surface area contributed by atoms with Crippen LogP contribution in [-0.4, -0.2) is 22.8 Å². The van der Waals surface area contributed by atoms with E-state index < -0.39 is 5.41 Å². The summed E-state index contributed by atoms with van der Waals surface area (Å²) in [5.74, 6) is 0.481. The largest absolute Gasteiger partial charge is 0.353 e. The standard InChI is InChI=1S/C31H30Cl2N2O2/c1-18-28-27(19-7-10-23(32)11-8-19)25(13-14-31(28,2)30(37)34-18)24-12-9-20(15-26(24)33)29(36)35-16-21-5-3-4-6-22(21)17-35/h3-12,15,18,25,27-28H,13-14,16-17H2,1-2H3,(H,34,37)/t18-,25+,27+,28+,31-/m1/s1. The van der Waals surface area contributed by atoms with E-state index in [-0.39, 0.29) is 35.6 Å². The third-order valence-corrected chi connectivity index (χ3v) is 9.56. The lowest BCUT2D eigenvalue weighted by atomic mass is 9.56. The van der Waals surface area contributed by atoms with E-state index in [0.29, 0.717) is 28.7 Å². The van der Waals surface area contributed by atoms with Gasteiger partial charge in [0.15, 0.2) is 0 Å². The fraction of sp³-hybridized carbons (Fsp3) is 0.355. The molecule has 2 fully saturated rings. The Kier molecular flexibility index (Phi) is 6.08. The number of nitrogens with one attached hydrogen (secondary N) is 1. The first-order valence-electron chi connectivity index (χ1n) is 13.0. The molecular weight excluding hydrogens is 503 g/mol. The average molecular weight is 533 g/mol. The third kappa shape index (κ3) is 4.06. The van der Waals surface area contributed by atoms with Gasteiger partial charge in [-0.15, -0.1) is 0 Å². The van der Waals surface area contributed by atoms with E-state index in [1.165, 1.54) is 16.7 Å². The van der Waals surface area contributed by atoms with E-state index in [2.05, 4.69) is 43.4 Å². The summed E-state index contributed by atoms with van der Waals surface area (Å²) in [4.78, 5) is 28.2. The molecule has 0 spiro atoms. The Morgan fingerprint density at radius 2 is 1.68 bits per heavy atom. The first kappa shape index (κ1) is 24.5. The van der Waals surface area contributed by atoms with E-state index in [1.807, 2.05) is 47.4 Å². The molecule has 0 unspecified atom stereocenters. The number of benzene rings is 3. The molecule has 190 valence electrons. The molecule has 2 heterocycles. The van der Waals surface area contributed by atoms with Crippen molar-refractivity contribution in [3.63, 3.8) is 0 Å². The lowest BCUT2D eigenvalue weighted by molar-refractivity contribution is -0.129. The first-order valence-corrected chi connectivity index (χ1v) is 13.7. The average Bonchev–Trinajstić information content (AvgIpc) is 3.42. The fourth-order valence-electron chi connectivity index (χ4n) is 7.13. The predicted molar refractivity (Wildman–Crippen MR) is 147 cm³/mol. The molecule has 2 aliphatic heterocycles. The number of carbonyl (C=O) groups excluding carboxylic acids is 2. The van der Waals surface area contributed by atoms with Crippen LogP contribution in [0.4, 0.5) is 0 Å². The summed E-state index contributed by atoms with van der Waals surface area (Å²) in [6, 6.07) is 22.0. The first-order chi connectivity index (χ1) is 17.8. The van der Waals surface area contributed by atoms with Gasteiger partial charge in [-0.05, 0) is 78.1 Å². The van der Waals surface area contributed by atoms with Gasteiger partial charge in [0.2, 0.25) is 5.91 Å². The van der Waals surface area contributed by atoms with Crippen molar-refractivity contribution in [2.24, 2.45) is 11.3 Å². The minimum absolute atomic E-state index is 0.00525. The highest BCUT2D eigenvalue weighted by molar-refractivity contribution is 6.32. The van der Waals surface area contributed by atoms with Crippen molar-refractivity contribution in [1.82, 2.24) is 10.2 Å². The van der Waals surface area contributed by atoms with Crippen molar-refractivity contribution in [2.75, 3.05) is 0 Å². The van der Waals surface area contributed by atoms with Crippen molar-refractivity contribution in [3.05, 3.63) is 105 Å². The number of hydrogen-bond acceptors (Lipinski definition) is 2. The molecule has 1 N–H and O–H groups in total. The molecule has 0 radical (unpaired) electrons. The number of fused-ring (bicyclic) bond motifs is 2. The van der Waals surface area contributed by atoms with Crippen LogP contribution in [0.3, 0.4) is 0 Å². The van der Waals surface area contributed by atoms with Gasteiger partial charge < -0.3 is 10.2 Å². The molecular formula is C31H30Cl2N2O2. The molecule has 1 saturated carbocycles. The van der Waals surface area contributed by atoms with Crippen LogP contribution in [0, 0.1) is 11.3 Å². The Morgan fingerprint density at radius 3 is 2.32 bits per heavy atom. The molecule has 3 aromatic rings. The van der Waals surface area contributed by atoms with Crippen molar-refractivity contribution in [1.29, 1.82) is 0 Å². The summed E-state index contributed by atoms with van der Waals surface area (Å²) in [5.41, 5.74) is 4.78. The van der Waals surface area contributed by atoms with Gasteiger partial charge in [-0.3, -0.25) is 9.59 Å². The molecule has 0 bridgehead atoms. The van der Waals surface area contributed by atoms with E-state index in [0.717, 1.165) is 18.4 Å². The lowest BCUT2D eigenvalue weighted by Gasteiger charge is -2.46. The normalized spacial score (nSPS) is 28.5. The summed E-state index contributed by atoms with van der Waals surface area (Å²) in [6.45, 7) is 5.45. The summed E-state index contributed by atoms with van der Waals surface area (Å²) in [5, 5.41) is 4.52. The SMILES string of the molecule is C[C@H]1NC(=O)[C@]2(C)CC[C@@H](c3ccc(C(=O)N4Cc5ccccc5C4)cc3Cl)[C@H](c3ccc(Cl)cc3)[C@H]12. The molecule has 37 heavy (non-hydrogen) atoms. The molecule has 0 aromatic heterocycles. The van der Waals surface area contributed by atoms with Crippen LogP contribution in [0.2, 0.25) is 10.0 Å². The number of rotatable bonds is 3. The van der Waals surface area contributed by atoms with Gasteiger partial charge in [-0.2, -0.15) is 0 Å². The molecule has 6 heteroatoms. The molecule has 2 amide bonds. The van der Waals surface area contributed by atoms with Gasteiger partial charge in [-0.1, -0.05) is 72.6 Å². The monoisotopic (exact) mass is 532 g/mol. The van der Waals surface area contributed by atoms with Gasteiger partial charge in [0.05, 0.1) is 5.41 Å². The number of amides is 2. The minimum Gasteiger partial charge on any atom is -0.353 e. The van der Waals surface area contributed by atoms with Gasteiger partial charge in [-0.25, -0.2) is 0 Å². The quantitative estimate of drug-likeness (QED) is 0.396. The fourth-order valence-corrected chi connectivity index (χ4v) is 7.58. The molecule has 5 atom stereocenters. The minimum atomic E-state index is -0.423. The van der Waals surface area contributed by atoms with Gasteiger partial charge >= 0.3 is 0 Å². The predicted octanol–water partition coefficient (Wildman–Crippen LogP) is 6.95. The molecule has 6 rings (SSSR count). The van der Waals surface area contributed by atoms with Crippen LogP contribution in [-0.2, 0) is 17.9 Å². The molecule has 4 nitrogen and oxygen atoms in total. The molecule has 3 aromatic carbocycles. The second-order valence-electron chi connectivity index (χ2n) is 11.1. The van der Waals surface area contributed by atoms with E-state index >= 15 is 0 Å². The summed E-state index contributed by atoms with van der Waals surface area (Å²) >= 11 is 13.2. The van der Waals surface area contributed by atoms with Crippen LogP contribution in [0.1, 0.15) is 71.1 Å². The summed E-state index contributed by atoms with van der Waals surface area (Å²) in [7, 11) is 0. The van der Waals surface area contributed by atoms with Crippen molar-refractivity contribution in [2.45, 2.75) is 57.7 Å². The van der Waals surface area contributed by atoms with E-state index in [9.17, 15) is 9.59 Å². The number of hydrogen-bond donors (Lipinski definition) is 1. The van der Waals surface area contributed by atoms with E-state index in [1.54, 1.807) is 0 Å². The summed E-state index contributed by atoms with van der Waals surface area (Å²) in [6.07, 6.45) is 1.64. The Hall–Kier alpha value is -2.82. The Morgan fingerprint density at radius 1 is 1.00 bits per heavy atom. The zero-order valence-electron chi connectivity index (χ0n) is 21.0. The third-order valence-electron chi connectivity index (χ3n) is 8.98. The lowest BCUT2D eigenvalue weighted by Crippen LogP contribution is -2.42. The maximum atomic E-state index is 13.4. The topological polar surface area (TPSA) is 49.4 Å². The van der Waals surface area contributed by atoms with Crippen LogP contribution in [0.25, 0.3) is 0 Å². The Balaban J connectivity index is 1.33. The van der Waals surface area contributed by atoms with Gasteiger partial charge in [0.25, 0.3) is 5.91 Å². The maximum Gasteiger partial charge on any atom is 0.254 e. The Labute approximate surface area is 228 Å². The van der Waals surface area contributed by atoms with E-state index in [4.69, 9.17) is 23.2 Å². The molecule has 3 aliphatic rings. The van der Waals surface area contributed by atoms with Crippen LogP contribution >= 0.6 is 23.2 Å². The molecule has 1 saturated heterocycles. The van der Waals surface area contributed by atoms with Gasteiger partial charge in [0.1, 0.15) is 0 Å². The molecule has 1 aliphatic carbocycles. The zero-order valence-corrected chi connectivity index (χ0v) is 22.5. The summed E-state index contributed by atoms with van der Waals surface area (Å²) < 4.78 is 0. The number of nitrogens with zero attached hydrogens (tertiary/aromatic N) is 1.